The average molecular weight is 878 g/mol. The molecule has 324 valence electrons. The Morgan fingerprint density at radius 3 is 2.53 bits per heavy atom. The lowest BCUT2D eigenvalue weighted by atomic mass is 9.72. The highest BCUT2D eigenvalue weighted by Crippen LogP contribution is 2.44. The summed E-state index contributed by atoms with van der Waals surface area (Å²) in [5, 5.41) is 17.0. The zero-order valence-electron chi connectivity index (χ0n) is 35.1. The number of aromatic nitrogens is 2. The number of piperazine rings is 1. The quantitative estimate of drug-likeness (QED) is 0.0973. The molecule has 2 fully saturated rings. The van der Waals surface area contributed by atoms with E-state index in [2.05, 4.69) is 51.1 Å². The van der Waals surface area contributed by atoms with Gasteiger partial charge in [0, 0.05) is 105 Å². The van der Waals surface area contributed by atoms with E-state index in [0.717, 1.165) is 102 Å². The Hall–Kier alpha value is -5.28. The number of allylic oxidation sites excluding steroid dienone is 1. The highest BCUT2D eigenvalue weighted by molar-refractivity contribution is 7.89. The maximum absolute atomic E-state index is 14.5. The van der Waals surface area contributed by atoms with Gasteiger partial charge in [0.2, 0.25) is 0 Å². The first-order valence-corrected chi connectivity index (χ1v) is 23.3. The Balaban J connectivity index is 0.977. The summed E-state index contributed by atoms with van der Waals surface area (Å²) in [5.41, 5.74) is 7.69. The number of benzene rings is 3. The van der Waals surface area contributed by atoms with Crippen LogP contribution >= 0.6 is 11.6 Å². The molecular formula is C47H52ClN7O6S. The predicted molar refractivity (Wildman–Crippen MR) is 242 cm³/mol. The number of H-pyrrole nitrogens is 1. The Morgan fingerprint density at radius 1 is 1.00 bits per heavy atom. The van der Waals surface area contributed by atoms with Crippen LogP contribution in [0.2, 0.25) is 5.02 Å². The Morgan fingerprint density at radius 2 is 1.77 bits per heavy atom. The normalized spacial score (nSPS) is 20.1. The number of carbonyl (C=O) groups excluding carboxylic acids is 1. The van der Waals surface area contributed by atoms with E-state index in [1.807, 2.05) is 36.4 Å². The lowest BCUT2D eigenvalue weighted by Crippen LogP contribution is -2.47. The minimum atomic E-state index is -4.53. The molecule has 0 saturated carbocycles. The molecule has 1 atom stereocenters. The summed E-state index contributed by atoms with van der Waals surface area (Å²) in [6.07, 6.45) is 8.45. The Bertz CT molecular complexity index is 2650. The smallest absolute Gasteiger partial charge is 0.293 e. The van der Waals surface area contributed by atoms with Crippen LogP contribution < -0.4 is 10.2 Å². The van der Waals surface area contributed by atoms with Crippen molar-refractivity contribution in [3.05, 3.63) is 128 Å². The van der Waals surface area contributed by atoms with Crippen molar-refractivity contribution >= 4 is 61.2 Å². The van der Waals surface area contributed by atoms with Gasteiger partial charge in [-0.2, -0.15) is 0 Å². The second kappa shape index (κ2) is 17.1. The molecule has 2 N–H and O–H groups in total. The van der Waals surface area contributed by atoms with Crippen LogP contribution in [-0.2, 0) is 14.8 Å². The van der Waals surface area contributed by atoms with Gasteiger partial charge in [-0.3, -0.25) is 19.8 Å². The van der Waals surface area contributed by atoms with Gasteiger partial charge in [-0.15, -0.1) is 0 Å². The molecule has 2 aromatic heterocycles. The van der Waals surface area contributed by atoms with E-state index in [0.29, 0.717) is 25.4 Å². The lowest BCUT2D eigenvalue weighted by Gasteiger charge is -2.40. The number of nitro benzene ring substituents is 1. The van der Waals surface area contributed by atoms with Crippen molar-refractivity contribution < 1.29 is 22.9 Å². The summed E-state index contributed by atoms with van der Waals surface area (Å²) >= 11 is 6.26. The summed E-state index contributed by atoms with van der Waals surface area (Å²) < 4.78 is 35.3. The maximum atomic E-state index is 14.5. The van der Waals surface area contributed by atoms with Crippen molar-refractivity contribution in [3.8, 4) is 0 Å². The zero-order valence-corrected chi connectivity index (χ0v) is 36.7. The first-order chi connectivity index (χ1) is 29.8. The van der Waals surface area contributed by atoms with Crippen LogP contribution in [0.3, 0.4) is 0 Å². The van der Waals surface area contributed by atoms with Crippen molar-refractivity contribution in [2.24, 2.45) is 11.3 Å². The number of hydrogen-bond acceptors (Lipinski definition) is 10. The van der Waals surface area contributed by atoms with E-state index >= 15 is 0 Å². The molecule has 0 spiro atoms. The summed E-state index contributed by atoms with van der Waals surface area (Å²) in [6, 6.07) is 21.6. The Kier molecular flexibility index (Phi) is 11.6. The van der Waals surface area contributed by atoms with E-state index in [1.54, 1.807) is 18.5 Å². The number of hydrogen-bond donors (Lipinski definition) is 2. The summed E-state index contributed by atoms with van der Waals surface area (Å²) in [6.45, 7) is 10.5. The van der Waals surface area contributed by atoms with Crippen molar-refractivity contribution in [1.29, 1.82) is 0 Å². The van der Waals surface area contributed by atoms with E-state index in [9.17, 15) is 23.3 Å². The number of fused-ring (bicyclic) bond motifs is 2. The van der Waals surface area contributed by atoms with Gasteiger partial charge in [-0.1, -0.05) is 43.2 Å². The Labute approximate surface area is 367 Å². The molecule has 62 heavy (non-hydrogen) atoms. The molecule has 1 aliphatic carbocycles. The third-order valence-corrected chi connectivity index (χ3v) is 15.2. The third-order valence-electron chi connectivity index (χ3n) is 13.2. The van der Waals surface area contributed by atoms with Crippen LogP contribution in [-0.4, -0.2) is 97.4 Å². The van der Waals surface area contributed by atoms with Gasteiger partial charge in [0.15, 0.2) is 0 Å². The number of rotatable bonds is 11. The molecule has 13 nitrogen and oxygen atoms in total. The number of aromatic amines is 1. The molecule has 4 aliphatic rings. The van der Waals surface area contributed by atoms with Crippen LogP contribution in [0.5, 0.6) is 0 Å². The van der Waals surface area contributed by atoms with E-state index in [-0.39, 0.29) is 39.7 Å². The van der Waals surface area contributed by atoms with E-state index < -0.39 is 26.8 Å². The molecule has 0 bridgehead atoms. The third kappa shape index (κ3) is 8.57. The number of nitrogens with one attached hydrogen (secondary N) is 2. The topological polar surface area (TPSA) is 154 Å². The van der Waals surface area contributed by atoms with Gasteiger partial charge in [-0.25, -0.2) is 17.7 Å². The first kappa shape index (κ1) is 42.0. The van der Waals surface area contributed by atoms with Crippen molar-refractivity contribution in [2.45, 2.75) is 56.8 Å². The molecule has 3 aliphatic heterocycles. The molecule has 3 aromatic carbocycles. The maximum Gasteiger partial charge on any atom is 0.293 e. The highest BCUT2D eigenvalue weighted by Gasteiger charge is 2.41. The van der Waals surface area contributed by atoms with E-state index in [4.69, 9.17) is 16.3 Å². The van der Waals surface area contributed by atoms with Crippen LogP contribution in [0.15, 0.2) is 95.7 Å². The number of pyridine rings is 1. The first-order valence-electron chi connectivity index (χ1n) is 21.5. The van der Waals surface area contributed by atoms with Gasteiger partial charge in [0.25, 0.3) is 21.6 Å². The molecular weight excluding hydrogens is 826 g/mol. The number of ether oxygens (including phenoxy) is 1. The van der Waals surface area contributed by atoms with E-state index in [1.165, 1.54) is 28.8 Å². The number of amides is 1. The number of anilines is 2. The summed E-state index contributed by atoms with van der Waals surface area (Å²) in [7, 11) is -4.53. The average Bonchev–Trinajstić information content (AvgIpc) is 3.75. The lowest BCUT2D eigenvalue weighted by molar-refractivity contribution is -0.384. The van der Waals surface area contributed by atoms with Crippen LogP contribution in [0, 0.1) is 21.4 Å². The molecule has 2 saturated heterocycles. The van der Waals surface area contributed by atoms with Gasteiger partial charge >= 0.3 is 0 Å². The van der Waals surface area contributed by atoms with Crippen LogP contribution in [0.1, 0.15) is 78.9 Å². The molecule has 15 heteroatoms. The number of halogens is 1. The molecule has 1 unspecified atom stereocenters. The standard InChI is InChI=1S/C47H52ClN7O6S/c1-47(2)15-11-34(41(26-47)32-3-5-36(48)6-4-32)29-52-17-19-53(20-18-52)37-7-9-39-40(24-37)42(35-23-33-12-16-49-45(33)51-28-35)30-54(46(39)56)62(59,60)38-8-10-43(44(25-38)55(57)58)50-27-31-13-21-61-22-14-31/h3-10,12,16,23-25,28,31,42,50H,11,13-15,17-22,26-27,29-30H2,1-2H3,(H,49,51). The molecule has 9 rings (SSSR count). The minimum absolute atomic E-state index is 0.192. The summed E-state index contributed by atoms with van der Waals surface area (Å²) in [4.78, 5) is 38.4. The number of nitrogens with zero attached hydrogens (tertiary/aromatic N) is 5. The molecule has 5 heterocycles. The van der Waals surface area contributed by atoms with Crippen LogP contribution in [0.4, 0.5) is 17.1 Å². The fourth-order valence-electron chi connectivity index (χ4n) is 9.55. The summed E-state index contributed by atoms with van der Waals surface area (Å²) in [5.74, 6) is -0.936. The fourth-order valence-corrected chi connectivity index (χ4v) is 11.1. The SMILES string of the molecule is CC1(C)CCC(CN2CCN(c3ccc4c(c3)C(c3cnc5[nH]ccc5c3)CN(S(=O)(=O)c3ccc(NCC5CCOCC5)c([N+](=O)[O-])c3)C4=O)CC2)=C(c2ccc(Cl)cc2)C1. The second-order valence-corrected chi connectivity index (χ2v) is 20.2. The largest absolute Gasteiger partial charge is 0.381 e. The molecule has 0 radical (unpaired) electrons. The number of carbonyl (C=O) groups is 1. The van der Waals surface area contributed by atoms with Gasteiger partial charge in [-0.05, 0) is 120 Å². The second-order valence-electron chi connectivity index (χ2n) is 17.9. The van der Waals surface area contributed by atoms with Gasteiger partial charge < -0.3 is 19.9 Å². The highest BCUT2D eigenvalue weighted by atomic mass is 35.5. The van der Waals surface area contributed by atoms with Gasteiger partial charge in [0.05, 0.1) is 9.82 Å². The van der Waals surface area contributed by atoms with Crippen molar-refractivity contribution in [2.75, 3.05) is 69.2 Å². The number of nitro groups is 1. The monoisotopic (exact) mass is 877 g/mol. The minimum Gasteiger partial charge on any atom is -0.381 e. The van der Waals surface area contributed by atoms with Crippen molar-refractivity contribution in [3.63, 3.8) is 0 Å². The van der Waals surface area contributed by atoms with Gasteiger partial charge in [0.1, 0.15) is 11.3 Å². The van der Waals surface area contributed by atoms with Crippen molar-refractivity contribution in [1.82, 2.24) is 19.2 Å². The molecule has 1 amide bonds. The fraction of sp³-hybridized carbons (Fsp3) is 0.404. The molecule has 5 aromatic rings. The number of sulfonamides is 1. The zero-order chi connectivity index (χ0) is 43.2. The van der Waals surface area contributed by atoms with Crippen LogP contribution in [0.25, 0.3) is 16.6 Å². The predicted octanol–water partition coefficient (Wildman–Crippen LogP) is 8.73.